The number of allylic oxidation sites excluding steroid dienone is 2. The Kier molecular flexibility index (Phi) is 14.7. The van der Waals surface area contributed by atoms with Gasteiger partial charge < -0.3 is 59.8 Å². The lowest BCUT2D eigenvalue weighted by atomic mass is 9.60. The van der Waals surface area contributed by atoms with Gasteiger partial charge in [0.15, 0.2) is 30.5 Å². The summed E-state index contributed by atoms with van der Waals surface area (Å²) in [6.07, 6.45) is -6.78. The lowest BCUT2D eigenvalue weighted by Crippen LogP contribution is -2.66. The number of nitrogens with zero attached hydrogens (tertiary/aromatic N) is 1. The van der Waals surface area contributed by atoms with Crippen molar-refractivity contribution in [1.82, 2.24) is 15.2 Å². The van der Waals surface area contributed by atoms with Gasteiger partial charge in [0.1, 0.15) is 34.8 Å². The molecular formula is C44H60Cl2N4O14. The lowest BCUT2D eigenvalue weighted by molar-refractivity contribution is -0.296. The van der Waals surface area contributed by atoms with Crippen molar-refractivity contribution in [2.24, 2.45) is 35.3 Å². The minimum absolute atomic E-state index is 0.00280. The van der Waals surface area contributed by atoms with Crippen LogP contribution in [-0.2, 0) is 42.8 Å². The first kappa shape index (κ1) is 49.4. The Hall–Kier alpha value is -4.01. The molecule has 0 bridgehead atoms. The van der Waals surface area contributed by atoms with Crippen LogP contribution < -0.4 is 11.1 Å². The van der Waals surface area contributed by atoms with Gasteiger partial charge in [0.25, 0.3) is 11.8 Å². The van der Waals surface area contributed by atoms with Gasteiger partial charge in [-0.1, -0.05) is 68.3 Å². The summed E-state index contributed by atoms with van der Waals surface area (Å²) in [6, 6.07) is -2.10. The number of rotatable bonds is 12. The highest BCUT2D eigenvalue weighted by atomic mass is 35.5. The molecule has 18 nitrogen and oxygen atoms in total. The van der Waals surface area contributed by atoms with E-state index in [1.807, 2.05) is 19.1 Å². The number of amides is 3. The smallest absolute Gasteiger partial charge is 0.405 e. The zero-order valence-corrected chi connectivity index (χ0v) is 38.8. The van der Waals surface area contributed by atoms with Crippen LogP contribution >= 0.6 is 23.2 Å². The van der Waals surface area contributed by atoms with Crippen molar-refractivity contribution in [2.75, 3.05) is 7.11 Å². The van der Waals surface area contributed by atoms with E-state index in [0.29, 0.717) is 18.5 Å². The van der Waals surface area contributed by atoms with Gasteiger partial charge in [0.2, 0.25) is 0 Å². The van der Waals surface area contributed by atoms with Crippen LogP contribution in [0.15, 0.2) is 35.6 Å². The maximum Gasteiger partial charge on any atom is 0.405 e. The molecule has 1 aromatic heterocycles. The molecule has 1 aromatic rings. The van der Waals surface area contributed by atoms with Crippen molar-refractivity contribution in [2.45, 2.75) is 148 Å². The number of nitrogens with one attached hydrogen (secondary N) is 2. The first-order valence-electron chi connectivity index (χ1n) is 21.5. The number of ether oxygens (including phenoxy) is 6. The summed E-state index contributed by atoms with van der Waals surface area (Å²) in [5.74, 6) is -6.07. The number of aromatic amines is 1. The second-order valence-electron chi connectivity index (χ2n) is 18.0. The van der Waals surface area contributed by atoms with E-state index in [4.69, 9.17) is 57.4 Å². The number of esters is 1. The molecule has 20 heteroatoms. The molecule has 6 rings (SSSR count). The largest absolute Gasteiger partial charge is 0.509 e. The number of hydrogen-bond acceptors (Lipinski definition) is 14. The Bertz CT molecular complexity index is 2090. The molecule has 3 aliphatic heterocycles. The van der Waals surface area contributed by atoms with Crippen LogP contribution in [0.3, 0.4) is 0 Å². The highest BCUT2D eigenvalue weighted by Crippen LogP contribution is 2.50. The number of aryl methyl sites for hydroxylation is 1. The van der Waals surface area contributed by atoms with E-state index in [0.717, 1.165) is 12.5 Å². The molecule has 3 amide bonds. The van der Waals surface area contributed by atoms with E-state index in [1.165, 1.54) is 18.9 Å². The van der Waals surface area contributed by atoms with Crippen molar-refractivity contribution >= 4 is 52.9 Å². The molecule has 354 valence electrons. The third-order valence-electron chi connectivity index (χ3n) is 13.5. The molecule has 4 heterocycles. The quantitative estimate of drug-likeness (QED) is 0.0978. The number of ketones is 1. The molecule has 0 aromatic carbocycles. The summed E-state index contributed by atoms with van der Waals surface area (Å²) in [4.78, 5) is 71.3. The highest BCUT2D eigenvalue weighted by molar-refractivity contribution is 6.44. The molecule has 0 radical (unpaired) electrons. The van der Waals surface area contributed by atoms with Crippen LogP contribution in [0.4, 0.5) is 4.79 Å². The third-order valence-corrected chi connectivity index (χ3v) is 14.4. The number of aromatic nitrogens is 1. The number of H-pyrrole nitrogens is 1. The monoisotopic (exact) mass is 938 g/mol. The molecule has 1 saturated carbocycles. The molecule has 16 unspecified atom stereocenters. The zero-order valence-electron chi connectivity index (χ0n) is 37.3. The summed E-state index contributed by atoms with van der Waals surface area (Å²) in [5, 5.41) is 38.2. The minimum Gasteiger partial charge on any atom is -0.509 e. The number of carbonyl (C=O) groups is 5. The Morgan fingerprint density at radius 2 is 1.72 bits per heavy atom. The van der Waals surface area contributed by atoms with Crippen molar-refractivity contribution in [3.8, 4) is 0 Å². The average molecular weight is 940 g/mol. The topological polar surface area (TPSA) is 258 Å². The number of halogens is 2. The number of nitrogens with two attached hydrogens (primary N) is 1. The van der Waals surface area contributed by atoms with Gasteiger partial charge in [0.05, 0.1) is 40.4 Å². The van der Waals surface area contributed by atoms with Gasteiger partial charge >= 0.3 is 12.1 Å². The molecular weight excluding hydrogens is 879 g/mol. The standard InChI is InChI=1S/C44H60Cl2N4O14/c1-16(2)33-35(53)29(41(56)50(33)42-38(59-10)37(62-23(9)51)36(20(6)61-42)64-43(47)57)34(52)28-18(4)11-13-24-25(14-12-17(3)27(24)28)63-26-15-44(58,39(54)21(7)60-26)22(8)49-40(55)32-31(46)30(45)19(5)48-32/h11,13,16,18,20-22,24-28,33,36-39,42,48,53-54,58H,3,12,14-15H2,1-2,4-10H3,(H2,47,57)(H,49,55). The number of Topliss-reactive ketones (excluding diaryl/α,β-unsaturated/α-hetero) is 1. The third kappa shape index (κ3) is 8.96. The van der Waals surface area contributed by atoms with E-state index in [-0.39, 0.29) is 22.2 Å². The molecule has 64 heavy (non-hydrogen) atoms. The second kappa shape index (κ2) is 19.1. The summed E-state index contributed by atoms with van der Waals surface area (Å²) >= 11 is 12.5. The molecule has 7 N–H and O–H groups in total. The number of primary amides is 1. The second-order valence-corrected chi connectivity index (χ2v) is 18.8. The van der Waals surface area contributed by atoms with Gasteiger partial charge in [0, 0.05) is 38.0 Å². The van der Waals surface area contributed by atoms with Gasteiger partial charge in [-0.2, -0.15) is 0 Å². The van der Waals surface area contributed by atoms with E-state index in [2.05, 4.69) is 16.9 Å². The van der Waals surface area contributed by atoms with Crippen LogP contribution in [0.5, 0.6) is 0 Å². The van der Waals surface area contributed by atoms with Gasteiger partial charge in [-0.3, -0.25) is 24.1 Å². The van der Waals surface area contributed by atoms with E-state index in [1.54, 1.807) is 34.6 Å². The maximum absolute atomic E-state index is 15.1. The fraction of sp³-hybridized carbons (Fsp3) is 0.659. The van der Waals surface area contributed by atoms with Crippen molar-refractivity contribution in [3.63, 3.8) is 0 Å². The van der Waals surface area contributed by atoms with Crippen LogP contribution in [0.25, 0.3) is 0 Å². The van der Waals surface area contributed by atoms with Crippen molar-refractivity contribution < 1.29 is 67.7 Å². The molecule has 2 saturated heterocycles. The fourth-order valence-corrected chi connectivity index (χ4v) is 10.7. The van der Waals surface area contributed by atoms with Crippen LogP contribution in [0, 0.1) is 36.5 Å². The summed E-state index contributed by atoms with van der Waals surface area (Å²) in [5.41, 5.74) is 4.22. The van der Waals surface area contributed by atoms with E-state index in [9.17, 15) is 34.5 Å². The van der Waals surface area contributed by atoms with Gasteiger partial charge in [-0.25, -0.2) is 4.79 Å². The van der Waals surface area contributed by atoms with Crippen molar-refractivity contribution in [1.29, 1.82) is 0 Å². The van der Waals surface area contributed by atoms with Crippen LogP contribution in [0.2, 0.25) is 10.0 Å². The average Bonchev–Trinajstić information content (AvgIpc) is 3.63. The predicted octanol–water partition coefficient (Wildman–Crippen LogP) is 4.17. The van der Waals surface area contributed by atoms with Gasteiger partial charge in [-0.05, 0) is 58.3 Å². The summed E-state index contributed by atoms with van der Waals surface area (Å²) in [7, 11) is 1.29. The molecule has 5 aliphatic rings. The first-order chi connectivity index (χ1) is 29.9. The first-order valence-corrected chi connectivity index (χ1v) is 22.2. The number of aliphatic hydroxyl groups excluding tert-OH is 2. The molecule has 3 fully saturated rings. The summed E-state index contributed by atoms with van der Waals surface area (Å²) < 4.78 is 35.6. The number of hydrogen-bond donors (Lipinski definition) is 6. The molecule has 16 atom stereocenters. The summed E-state index contributed by atoms with van der Waals surface area (Å²) in [6.45, 7) is 17.2. The number of methoxy groups -OCH3 is 1. The number of carbonyl (C=O) groups excluding carboxylic acids is 5. The van der Waals surface area contributed by atoms with Crippen LogP contribution in [-0.4, -0.2) is 135 Å². The van der Waals surface area contributed by atoms with Crippen molar-refractivity contribution in [3.05, 3.63) is 57.1 Å². The Labute approximate surface area is 381 Å². The van der Waals surface area contributed by atoms with E-state index < -0.39 is 144 Å². The van der Waals surface area contributed by atoms with Crippen LogP contribution in [0.1, 0.15) is 83.9 Å². The molecule has 2 aliphatic carbocycles. The fourth-order valence-electron chi connectivity index (χ4n) is 10.3. The number of fused-ring (bicyclic) bond motifs is 1. The SMILES string of the molecule is C=C1CCC(OC2CC(O)(C(C)NC(=O)c3[nH]c(C)c(Cl)c3Cl)C(O)C(C)O2)C2C=CC(C)C(C(=O)C3=C(O)C(C(C)C)N(C4OC(C)C(OC(N)=O)C(OC(C)=O)C4OC)C3=O)C12. The zero-order chi connectivity index (χ0) is 47.4. The lowest BCUT2D eigenvalue weighted by Gasteiger charge is -2.50. The predicted molar refractivity (Wildman–Crippen MR) is 230 cm³/mol. The Morgan fingerprint density at radius 3 is 2.30 bits per heavy atom. The minimum atomic E-state index is -1.93. The maximum atomic E-state index is 15.1. The Balaban J connectivity index is 1.25. The highest BCUT2D eigenvalue weighted by Gasteiger charge is 2.59. The number of aliphatic hydroxyl groups is 3. The molecule has 0 spiro atoms. The van der Waals surface area contributed by atoms with Gasteiger partial charge in [-0.15, -0.1) is 0 Å². The Morgan fingerprint density at radius 1 is 1.05 bits per heavy atom. The normalized spacial score (nSPS) is 37.1. The van der Waals surface area contributed by atoms with E-state index >= 15 is 4.79 Å².